The van der Waals surface area contributed by atoms with E-state index in [-0.39, 0.29) is 11.7 Å². The van der Waals surface area contributed by atoms with Crippen LogP contribution in [-0.4, -0.2) is 28.8 Å². The summed E-state index contributed by atoms with van der Waals surface area (Å²) in [6, 6.07) is 6.84. The molecule has 0 radical (unpaired) electrons. The first-order valence-electron chi connectivity index (χ1n) is 6.92. The van der Waals surface area contributed by atoms with Crippen molar-refractivity contribution in [2.24, 2.45) is 5.10 Å². The van der Waals surface area contributed by atoms with Gasteiger partial charge in [0.2, 0.25) is 0 Å². The van der Waals surface area contributed by atoms with E-state index >= 15 is 0 Å². The van der Waals surface area contributed by atoms with Crippen LogP contribution in [0.4, 0.5) is 0 Å². The molecule has 1 heterocycles. The number of amides is 1. The first-order chi connectivity index (χ1) is 11.0. The third-order valence-electron chi connectivity index (χ3n) is 2.90. The van der Waals surface area contributed by atoms with Gasteiger partial charge < -0.3 is 9.84 Å². The zero-order valence-corrected chi connectivity index (χ0v) is 14.9. The van der Waals surface area contributed by atoms with E-state index < -0.39 is 0 Å². The molecule has 0 aliphatic carbocycles. The van der Waals surface area contributed by atoms with Gasteiger partial charge in [0.25, 0.3) is 5.91 Å². The first kappa shape index (κ1) is 17.2. The van der Waals surface area contributed by atoms with Crippen LogP contribution in [0.25, 0.3) is 0 Å². The predicted octanol–water partition coefficient (Wildman–Crippen LogP) is 2.86. The quantitative estimate of drug-likeness (QED) is 0.439. The first-order valence-corrected chi connectivity index (χ1v) is 8.00. The number of aromatic hydroxyl groups is 1. The number of carbonyl (C=O) groups excluding carboxylic acids is 1. The summed E-state index contributed by atoms with van der Waals surface area (Å²) < 4.78 is 6.00. The van der Waals surface area contributed by atoms with Crippen LogP contribution in [0.2, 0.25) is 0 Å². The summed E-state index contributed by atoms with van der Waals surface area (Å²) in [5.74, 6) is 0.140. The topological polar surface area (TPSA) is 83.8 Å². The summed E-state index contributed by atoms with van der Waals surface area (Å²) in [7, 11) is 0. The van der Waals surface area contributed by atoms with Gasteiger partial charge in [0.15, 0.2) is 11.5 Å². The second-order valence-electron chi connectivity index (χ2n) is 4.67. The van der Waals surface area contributed by atoms with Crippen LogP contribution >= 0.6 is 22.6 Å². The molecule has 0 saturated heterocycles. The zero-order valence-electron chi connectivity index (χ0n) is 12.7. The molecule has 0 saturated carbocycles. The van der Waals surface area contributed by atoms with Crippen LogP contribution in [0.15, 0.2) is 35.6 Å². The van der Waals surface area contributed by atoms with Gasteiger partial charge in [-0.05, 0) is 66.3 Å². The maximum absolute atomic E-state index is 11.9. The van der Waals surface area contributed by atoms with Crippen molar-refractivity contribution in [3.8, 4) is 11.5 Å². The number of hydrazone groups is 1. The number of pyridine rings is 1. The molecule has 0 aliphatic heterocycles. The van der Waals surface area contributed by atoms with Crippen molar-refractivity contribution in [1.82, 2.24) is 10.4 Å². The van der Waals surface area contributed by atoms with Crippen molar-refractivity contribution >= 4 is 34.7 Å². The maximum Gasteiger partial charge on any atom is 0.272 e. The van der Waals surface area contributed by atoms with E-state index in [9.17, 15) is 9.90 Å². The van der Waals surface area contributed by atoms with E-state index in [4.69, 9.17) is 4.74 Å². The van der Waals surface area contributed by atoms with Gasteiger partial charge in [-0.25, -0.2) is 5.43 Å². The molecule has 6 nitrogen and oxygen atoms in total. The van der Waals surface area contributed by atoms with Crippen molar-refractivity contribution < 1.29 is 14.6 Å². The van der Waals surface area contributed by atoms with E-state index in [2.05, 4.69) is 15.5 Å². The molecular weight excluding hydrogens is 409 g/mol. The fourth-order valence-electron chi connectivity index (χ4n) is 1.77. The summed E-state index contributed by atoms with van der Waals surface area (Å²) >= 11 is 2.01. The van der Waals surface area contributed by atoms with Gasteiger partial charge >= 0.3 is 0 Å². The van der Waals surface area contributed by atoms with Crippen molar-refractivity contribution in [2.75, 3.05) is 6.61 Å². The largest absolute Gasteiger partial charge is 0.504 e. The fraction of sp³-hybridized carbons (Fsp3) is 0.188. The molecule has 2 aromatic rings. The Morgan fingerprint density at radius 1 is 1.48 bits per heavy atom. The second kappa shape index (κ2) is 7.91. The molecule has 2 rings (SSSR count). The van der Waals surface area contributed by atoms with E-state index in [1.54, 1.807) is 24.3 Å². The van der Waals surface area contributed by atoms with Crippen LogP contribution in [-0.2, 0) is 0 Å². The number of carbonyl (C=O) groups is 1. The highest BCUT2D eigenvalue weighted by Gasteiger charge is 2.08. The molecule has 0 atom stereocenters. The number of halogens is 1. The maximum atomic E-state index is 11.9. The minimum absolute atomic E-state index is 0.0966. The number of ether oxygens (including phenoxy) is 1. The number of rotatable bonds is 5. The van der Waals surface area contributed by atoms with Crippen LogP contribution < -0.4 is 10.2 Å². The number of aromatic nitrogens is 1. The molecule has 120 valence electrons. The lowest BCUT2D eigenvalue weighted by molar-refractivity contribution is 0.0955. The molecule has 1 amide bonds. The average molecular weight is 425 g/mol. The van der Waals surface area contributed by atoms with E-state index in [0.29, 0.717) is 27.1 Å². The molecule has 0 spiro atoms. The van der Waals surface area contributed by atoms with Gasteiger partial charge in [-0.3, -0.25) is 9.78 Å². The molecule has 1 aromatic carbocycles. The van der Waals surface area contributed by atoms with Crippen molar-refractivity contribution in [1.29, 1.82) is 0 Å². The van der Waals surface area contributed by atoms with Gasteiger partial charge in [-0.15, -0.1) is 0 Å². The van der Waals surface area contributed by atoms with Gasteiger partial charge in [0, 0.05) is 11.9 Å². The van der Waals surface area contributed by atoms with E-state index in [1.807, 2.05) is 36.4 Å². The summed E-state index contributed by atoms with van der Waals surface area (Å²) in [6.45, 7) is 4.13. The molecule has 0 fully saturated rings. The van der Waals surface area contributed by atoms with Crippen molar-refractivity contribution in [2.45, 2.75) is 13.8 Å². The number of nitrogens with one attached hydrogen (secondary N) is 1. The number of nitrogens with zero attached hydrogens (tertiary/aromatic N) is 2. The van der Waals surface area contributed by atoms with Gasteiger partial charge in [-0.1, -0.05) is 0 Å². The summed E-state index contributed by atoms with van der Waals surface area (Å²) in [4.78, 5) is 16.0. The number of phenols is 1. The highest BCUT2D eigenvalue weighted by molar-refractivity contribution is 14.1. The van der Waals surface area contributed by atoms with Gasteiger partial charge in [0.05, 0.1) is 22.0 Å². The molecule has 0 aliphatic rings. The highest BCUT2D eigenvalue weighted by Crippen LogP contribution is 2.32. The number of hydrogen-bond donors (Lipinski definition) is 2. The SMILES string of the molecule is CCOc1cc(C=NNC(=O)c2ccc(C)nc2)cc(I)c1O. The normalized spacial score (nSPS) is 10.7. The summed E-state index contributed by atoms with van der Waals surface area (Å²) in [5.41, 5.74) is 4.42. The Kier molecular flexibility index (Phi) is 5.91. The Balaban J connectivity index is 2.08. The Bertz CT molecular complexity index is 730. The molecule has 7 heteroatoms. The second-order valence-corrected chi connectivity index (χ2v) is 5.83. The zero-order chi connectivity index (χ0) is 16.8. The summed E-state index contributed by atoms with van der Waals surface area (Å²) in [5, 5.41) is 13.8. The minimum Gasteiger partial charge on any atom is -0.504 e. The van der Waals surface area contributed by atoms with Crippen LogP contribution in [0, 0.1) is 10.5 Å². The minimum atomic E-state index is -0.341. The van der Waals surface area contributed by atoms with Crippen LogP contribution in [0.5, 0.6) is 11.5 Å². The van der Waals surface area contributed by atoms with Crippen LogP contribution in [0.1, 0.15) is 28.5 Å². The van der Waals surface area contributed by atoms with E-state index in [0.717, 1.165) is 5.69 Å². The molecule has 0 unspecified atom stereocenters. The number of hydrogen-bond acceptors (Lipinski definition) is 5. The lowest BCUT2D eigenvalue weighted by Crippen LogP contribution is -2.17. The van der Waals surface area contributed by atoms with Crippen molar-refractivity contribution in [3.63, 3.8) is 0 Å². The molecule has 2 N–H and O–H groups in total. The molecule has 23 heavy (non-hydrogen) atoms. The van der Waals surface area contributed by atoms with E-state index in [1.165, 1.54) is 12.4 Å². The lowest BCUT2D eigenvalue weighted by Gasteiger charge is -2.08. The molecular formula is C16H16IN3O3. The van der Waals surface area contributed by atoms with Crippen molar-refractivity contribution in [3.05, 3.63) is 50.9 Å². The molecule has 0 bridgehead atoms. The Labute approximate surface area is 147 Å². The Hall–Kier alpha value is -2.16. The molecule has 1 aromatic heterocycles. The Morgan fingerprint density at radius 3 is 2.91 bits per heavy atom. The Morgan fingerprint density at radius 2 is 2.26 bits per heavy atom. The fourth-order valence-corrected chi connectivity index (χ4v) is 2.39. The number of aryl methyl sites for hydroxylation is 1. The monoisotopic (exact) mass is 425 g/mol. The standard InChI is InChI=1S/C16H16IN3O3/c1-3-23-14-7-11(6-13(17)15(14)21)8-19-20-16(22)12-5-4-10(2)18-9-12/h4-9,21H,3H2,1-2H3,(H,20,22). The highest BCUT2D eigenvalue weighted by atomic mass is 127. The average Bonchev–Trinajstić information content (AvgIpc) is 2.53. The predicted molar refractivity (Wildman–Crippen MR) is 96.0 cm³/mol. The lowest BCUT2D eigenvalue weighted by atomic mass is 10.2. The summed E-state index contributed by atoms with van der Waals surface area (Å²) in [6.07, 6.45) is 2.99. The van der Waals surface area contributed by atoms with Crippen LogP contribution in [0.3, 0.4) is 0 Å². The van der Waals surface area contributed by atoms with Gasteiger partial charge in [0.1, 0.15) is 0 Å². The third-order valence-corrected chi connectivity index (χ3v) is 3.73. The number of benzene rings is 1. The third kappa shape index (κ3) is 4.65. The number of phenolic OH excluding ortho intramolecular Hbond substituents is 1. The van der Waals surface area contributed by atoms with Gasteiger partial charge in [-0.2, -0.15) is 5.10 Å². The smallest absolute Gasteiger partial charge is 0.272 e.